The Kier molecular flexibility index (Phi) is 11.3. The Bertz CT molecular complexity index is 936. The second-order valence-electron chi connectivity index (χ2n) is 5.85. The highest BCUT2D eigenvalue weighted by Crippen LogP contribution is 2.23. The highest BCUT2D eigenvalue weighted by molar-refractivity contribution is 6.04. The van der Waals surface area contributed by atoms with Gasteiger partial charge >= 0.3 is 23.9 Å². The Morgan fingerprint density at radius 1 is 0.909 bits per heavy atom. The Labute approximate surface area is 190 Å². The van der Waals surface area contributed by atoms with Gasteiger partial charge in [0.1, 0.15) is 23.0 Å². The van der Waals surface area contributed by atoms with Crippen molar-refractivity contribution in [2.75, 3.05) is 31.7 Å². The van der Waals surface area contributed by atoms with Gasteiger partial charge in [-0.3, -0.25) is 0 Å². The number of H-pyrrole nitrogens is 1. The van der Waals surface area contributed by atoms with Gasteiger partial charge < -0.3 is 34.6 Å². The SMILES string of the molecule is CCOC(=O)/C(C#N)=C\N/C(=C/Nc1c(C(=O)OCC)c[nH]c1C(=O)OCC)C(=O)OCC. The van der Waals surface area contributed by atoms with Crippen LogP contribution in [0, 0.1) is 11.3 Å². The van der Waals surface area contributed by atoms with Crippen molar-refractivity contribution >= 4 is 29.6 Å². The van der Waals surface area contributed by atoms with Crippen LogP contribution in [0.2, 0.25) is 0 Å². The van der Waals surface area contributed by atoms with Crippen LogP contribution < -0.4 is 10.6 Å². The lowest BCUT2D eigenvalue weighted by Crippen LogP contribution is -2.21. The number of rotatable bonds is 12. The van der Waals surface area contributed by atoms with Gasteiger partial charge in [0.2, 0.25) is 0 Å². The molecule has 33 heavy (non-hydrogen) atoms. The second kappa shape index (κ2) is 13.9. The van der Waals surface area contributed by atoms with E-state index in [9.17, 15) is 19.2 Å². The van der Waals surface area contributed by atoms with Crippen molar-refractivity contribution in [3.63, 3.8) is 0 Å². The minimum atomic E-state index is -0.886. The molecule has 0 bridgehead atoms. The summed E-state index contributed by atoms with van der Waals surface area (Å²) in [7, 11) is 0. The number of nitriles is 1. The predicted octanol–water partition coefficient (Wildman–Crippen LogP) is 1.74. The van der Waals surface area contributed by atoms with E-state index >= 15 is 0 Å². The number of hydrogen-bond acceptors (Lipinski definition) is 11. The first-order valence-corrected chi connectivity index (χ1v) is 10.1. The van der Waals surface area contributed by atoms with Crippen LogP contribution in [0.25, 0.3) is 0 Å². The Morgan fingerprint density at radius 2 is 1.48 bits per heavy atom. The van der Waals surface area contributed by atoms with Crippen LogP contribution >= 0.6 is 0 Å². The van der Waals surface area contributed by atoms with E-state index in [0.29, 0.717) is 0 Å². The third kappa shape index (κ3) is 7.73. The largest absolute Gasteiger partial charge is 0.462 e. The van der Waals surface area contributed by atoms with Crippen molar-refractivity contribution < 1.29 is 38.1 Å². The van der Waals surface area contributed by atoms with Crippen LogP contribution in [0.4, 0.5) is 5.69 Å². The third-order valence-corrected chi connectivity index (χ3v) is 3.70. The van der Waals surface area contributed by atoms with Crippen molar-refractivity contribution in [1.29, 1.82) is 5.26 Å². The van der Waals surface area contributed by atoms with Gasteiger partial charge in [-0.2, -0.15) is 5.26 Å². The lowest BCUT2D eigenvalue weighted by molar-refractivity contribution is -0.139. The van der Waals surface area contributed by atoms with Gasteiger partial charge in [-0.15, -0.1) is 0 Å². The first-order chi connectivity index (χ1) is 15.8. The maximum atomic E-state index is 12.3. The number of nitrogens with zero attached hydrogens (tertiary/aromatic N) is 1. The number of carbonyl (C=O) groups excluding carboxylic acids is 4. The minimum absolute atomic E-state index is 0.00891. The van der Waals surface area contributed by atoms with Crippen LogP contribution in [0.3, 0.4) is 0 Å². The fraction of sp³-hybridized carbons (Fsp3) is 0.381. The zero-order valence-electron chi connectivity index (χ0n) is 18.8. The monoisotopic (exact) mass is 462 g/mol. The summed E-state index contributed by atoms with van der Waals surface area (Å²) in [6.45, 7) is 6.68. The van der Waals surface area contributed by atoms with E-state index in [1.165, 1.54) is 6.20 Å². The molecule has 12 nitrogen and oxygen atoms in total. The molecule has 0 aliphatic rings. The second-order valence-corrected chi connectivity index (χ2v) is 5.85. The van der Waals surface area contributed by atoms with Gasteiger partial charge in [0.05, 0.1) is 32.1 Å². The topological polar surface area (TPSA) is 169 Å². The molecule has 1 rings (SSSR count). The molecule has 1 aromatic rings. The van der Waals surface area contributed by atoms with Crippen LogP contribution in [-0.2, 0) is 28.5 Å². The summed E-state index contributed by atoms with van der Waals surface area (Å²) in [6.07, 6.45) is 3.33. The van der Waals surface area contributed by atoms with Crippen molar-refractivity contribution in [2.45, 2.75) is 27.7 Å². The predicted molar refractivity (Wildman–Crippen MR) is 115 cm³/mol. The quantitative estimate of drug-likeness (QED) is 0.179. The fourth-order valence-corrected chi connectivity index (χ4v) is 2.32. The zero-order valence-corrected chi connectivity index (χ0v) is 18.8. The van der Waals surface area contributed by atoms with Crippen LogP contribution in [0.1, 0.15) is 48.5 Å². The van der Waals surface area contributed by atoms with Crippen molar-refractivity contribution in [3.05, 3.63) is 41.1 Å². The molecule has 178 valence electrons. The van der Waals surface area contributed by atoms with Gasteiger partial charge in [0.25, 0.3) is 0 Å². The Hall–Kier alpha value is -4.27. The molecule has 12 heteroatoms. The molecule has 0 aromatic carbocycles. The standard InChI is InChI=1S/C21H26N4O8/c1-5-30-18(26)13(9-22)10-23-15(20(28)32-7-3)12-25-16-14(19(27)31-6-2)11-24-17(16)21(29)33-8-4/h10-12,23-25H,5-8H2,1-4H3/b13-10-,15-12+. The molecule has 0 saturated carbocycles. The van der Waals surface area contributed by atoms with E-state index in [4.69, 9.17) is 24.2 Å². The normalized spacial score (nSPS) is 11.1. The van der Waals surface area contributed by atoms with Crippen molar-refractivity contribution in [2.24, 2.45) is 0 Å². The van der Waals surface area contributed by atoms with Gasteiger partial charge in [-0.25, -0.2) is 19.2 Å². The number of hydrogen-bond donors (Lipinski definition) is 3. The Balaban J connectivity index is 3.36. The molecule has 0 saturated heterocycles. The summed E-state index contributed by atoms with van der Waals surface area (Å²) in [5, 5.41) is 14.3. The molecule has 0 fully saturated rings. The van der Waals surface area contributed by atoms with Gasteiger partial charge in [-0.1, -0.05) is 0 Å². The molecule has 3 N–H and O–H groups in total. The molecule has 0 radical (unpaired) electrons. The summed E-state index contributed by atoms with van der Waals surface area (Å²) in [4.78, 5) is 51.3. The summed E-state index contributed by atoms with van der Waals surface area (Å²) < 4.78 is 19.7. The molecular weight excluding hydrogens is 436 g/mol. The van der Waals surface area contributed by atoms with Gasteiger partial charge in [0.15, 0.2) is 5.57 Å². The number of aromatic nitrogens is 1. The number of anilines is 1. The number of ether oxygens (including phenoxy) is 4. The van der Waals surface area contributed by atoms with E-state index in [1.54, 1.807) is 33.8 Å². The van der Waals surface area contributed by atoms with E-state index < -0.39 is 29.5 Å². The molecule has 0 aliphatic heterocycles. The van der Waals surface area contributed by atoms with Gasteiger partial charge in [0, 0.05) is 18.6 Å². The molecular formula is C21H26N4O8. The van der Waals surface area contributed by atoms with Crippen LogP contribution in [-0.4, -0.2) is 55.3 Å². The molecule has 0 spiro atoms. The average molecular weight is 462 g/mol. The average Bonchev–Trinajstić information content (AvgIpc) is 3.21. The van der Waals surface area contributed by atoms with Crippen molar-refractivity contribution in [3.8, 4) is 6.07 Å². The summed E-state index contributed by atoms with van der Waals surface area (Å²) in [6, 6.07) is 1.66. The first kappa shape index (κ1) is 26.8. The summed E-state index contributed by atoms with van der Waals surface area (Å²) >= 11 is 0. The lowest BCUT2D eigenvalue weighted by Gasteiger charge is -2.10. The minimum Gasteiger partial charge on any atom is -0.462 e. The summed E-state index contributed by atoms with van der Waals surface area (Å²) in [5.41, 5.74) is -0.739. The zero-order chi connectivity index (χ0) is 24.8. The molecule has 0 atom stereocenters. The number of nitrogens with one attached hydrogen (secondary N) is 3. The molecule has 0 aliphatic carbocycles. The highest BCUT2D eigenvalue weighted by Gasteiger charge is 2.24. The van der Waals surface area contributed by atoms with Crippen LogP contribution in [0.5, 0.6) is 0 Å². The van der Waals surface area contributed by atoms with E-state index in [0.717, 1.165) is 12.4 Å². The van der Waals surface area contributed by atoms with Crippen molar-refractivity contribution in [1.82, 2.24) is 10.3 Å². The summed E-state index contributed by atoms with van der Waals surface area (Å²) in [5.74, 6) is -3.19. The maximum absolute atomic E-state index is 12.3. The lowest BCUT2D eigenvalue weighted by atomic mass is 10.2. The molecule has 1 aromatic heterocycles. The van der Waals surface area contributed by atoms with E-state index in [-0.39, 0.29) is 49.1 Å². The molecule has 0 unspecified atom stereocenters. The highest BCUT2D eigenvalue weighted by atomic mass is 16.5. The number of carbonyl (C=O) groups is 4. The molecule has 0 amide bonds. The Morgan fingerprint density at radius 3 is 2.06 bits per heavy atom. The van der Waals surface area contributed by atoms with E-state index in [2.05, 4.69) is 15.6 Å². The smallest absolute Gasteiger partial charge is 0.356 e. The van der Waals surface area contributed by atoms with E-state index in [1.807, 2.05) is 0 Å². The molecule has 1 heterocycles. The van der Waals surface area contributed by atoms with Crippen LogP contribution in [0.15, 0.2) is 29.9 Å². The number of aromatic amines is 1. The maximum Gasteiger partial charge on any atom is 0.356 e. The fourth-order valence-electron chi connectivity index (χ4n) is 2.32. The third-order valence-electron chi connectivity index (χ3n) is 3.70. The van der Waals surface area contributed by atoms with Gasteiger partial charge in [-0.05, 0) is 27.7 Å². The first-order valence-electron chi connectivity index (χ1n) is 10.1. The number of esters is 4.